The number of hydrogen-bond acceptors (Lipinski definition) is 3. The Balaban J connectivity index is 1.72. The van der Waals surface area contributed by atoms with E-state index >= 15 is 0 Å². The summed E-state index contributed by atoms with van der Waals surface area (Å²) in [5.41, 5.74) is 4.90. The summed E-state index contributed by atoms with van der Waals surface area (Å²) in [6, 6.07) is 4.05. The number of pyridine rings is 1. The van der Waals surface area contributed by atoms with Crippen LogP contribution in [-0.4, -0.2) is 33.0 Å². The van der Waals surface area contributed by atoms with Gasteiger partial charge in [0, 0.05) is 24.5 Å². The average Bonchev–Trinajstić information content (AvgIpc) is 3.10. The van der Waals surface area contributed by atoms with Crippen molar-refractivity contribution < 1.29 is 4.79 Å². The van der Waals surface area contributed by atoms with Crippen molar-refractivity contribution in [2.45, 2.75) is 39.2 Å². The minimum atomic E-state index is -0.0317. The lowest BCUT2D eigenvalue weighted by Gasteiger charge is -2.16. The molecule has 0 unspecified atom stereocenters. The van der Waals surface area contributed by atoms with Gasteiger partial charge in [-0.3, -0.25) is 14.9 Å². The highest BCUT2D eigenvalue weighted by Crippen LogP contribution is 2.23. The molecule has 110 valence electrons. The number of fused-ring (bicyclic) bond motifs is 1. The topological polar surface area (TPSA) is 61.9 Å². The molecule has 0 bridgehead atoms. The molecular formula is C16H20N4O. The maximum absolute atomic E-state index is 12.5. The Morgan fingerprint density at radius 2 is 2.24 bits per heavy atom. The SMILES string of the molecule is CCc1ccc(CN(C)C(=O)c2n[nH]c3c2CCC3)nc1. The number of carbonyl (C=O) groups is 1. The Kier molecular flexibility index (Phi) is 3.73. The third-order valence-corrected chi connectivity index (χ3v) is 4.05. The van der Waals surface area contributed by atoms with Gasteiger partial charge in [-0.1, -0.05) is 13.0 Å². The number of aromatic nitrogens is 3. The van der Waals surface area contributed by atoms with Gasteiger partial charge in [-0.05, 0) is 37.3 Å². The van der Waals surface area contributed by atoms with Crippen LogP contribution in [0.3, 0.4) is 0 Å². The van der Waals surface area contributed by atoms with Gasteiger partial charge in [-0.15, -0.1) is 0 Å². The number of hydrogen-bond donors (Lipinski definition) is 1. The van der Waals surface area contributed by atoms with Crippen molar-refractivity contribution in [3.05, 3.63) is 46.5 Å². The molecule has 0 aliphatic heterocycles. The molecule has 5 nitrogen and oxygen atoms in total. The van der Waals surface area contributed by atoms with Gasteiger partial charge in [0.1, 0.15) is 0 Å². The van der Waals surface area contributed by atoms with Crippen LogP contribution in [0.25, 0.3) is 0 Å². The van der Waals surface area contributed by atoms with Crippen molar-refractivity contribution in [1.29, 1.82) is 0 Å². The van der Waals surface area contributed by atoms with Gasteiger partial charge in [0.25, 0.3) is 5.91 Å². The zero-order chi connectivity index (χ0) is 14.8. The fourth-order valence-corrected chi connectivity index (χ4v) is 2.75. The average molecular weight is 284 g/mol. The van der Waals surface area contributed by atoms with E-state index < -0.39 is 0 Å². The minimum absolute atomic E-state index is 0.0317. The number of aromatic amines is 1. The Bertz CT molecular complexity index is 645. The van der Waals surface area contributed by atoms with Gasteiger partial charge >= 0.3 is 0 Å². The van der Waals surface area contributed by atoms with Crippen LogP contribution < -0.4 is 0 Å². The molecule has 2 heterocycles. The van der Waals surface area contributed by atoms with E-state index in [0.717, 1.165) is 42.6 Å². The molecule has 0 aromatic carbocycles. The summed E-state index contributed by atoms with van der Waals surface area (Å²) in [5, 5.41) is 7.18. The first kappa shape index (κ1) is 13.8. The highest BCUT2D eigenvalue weighted by atomic mass is 16.2. The molecule has 1 aliphatic rings. The van der Waals surface area contributed by atoms with E-state index in [-0.39, 0.29) is 5.91 Å². The minimum Gasteiger partial charge on any atom is -0.334 e. The molecule has 1 N–H and O–H groups in total. The smallest absolute Gasteiger partial charge is 0.274 e. The van der Waals surface area contributed by atoms with Crippen LogP contribution in [0, 0.1) is 0 Å². The molecule has 0 radical (unpaired) electrons. The molecular weight excluding hydrogens is 264 g/mol. The summed E-state index contributed by atoms with van der Waals surface area (Å²) in [6.07, 6.45) is 5.90. The predicted octanol–water partition coefficient (Wildman–Crippen LogP) is 2.13. The third kappa shape index (κ3) is 2.68. The second-order valence-corrected chi connectivity index (χ2v) is 5.56. The third-order valence-electron chi connectivity index (χ3n) is 4.05. The lowest BCUT2D eigenvalue weighted by atomic mass is 10.2. The van der Waals surface area contributed by atoms with Crippen LogP contribution in [-0.2, 0) is 25.8 Å². The van der Waals surface area contributed by atoms with Gasteiger partial charge < -0.3 is 4.90 Å². The van der Waals surface area contributed by atoms with E-state index in [2.05, 4.69) is 28.2 Å². The second-order valence-electron chi connectivity index (χ2n) is 5.56. The van der Waals surface area contributed by atoms with Gasteiger partial charge in [0.2, 0.25) is 0 Å². The summed E-state index contributed by atoms with van der Waals surface area (Å²) < 4.78 is 0. The molecule has 2 aromatic rings. The number of carbonyl (C=O) groups excluding carboxylic acids is 1. The van der Waals surface area contributed by atoms with E-state index in [1.807, 2.05) is 12.3 Å². The Hall–Kier alpha value is -2.17. The summed E-state index contributed by atoms with van der Waals surface area (Å²) in [6.45, 7) is 2.61. The van der Waals surface area contributed by atoms with Crippen molar-refractivity contribution in [3.63, 3.8) is 0 Å². The van der Waals surface area contributed by atoms with Gasteiger partial charge in [-0.25, -0.2) is 0 Å². The van der Waals surface area contributed by atoms with Crippen molar-refractivity contribution in [2.24, 2.45) is 0 Å². The molecule has 21 heavy (non-hydrogen) atoms. The summed E-state index contributed by atoms with van der Waals surface area (Å²) in [5.74, 6) is -0.0317. The number of H-pyrrole nitrogens is 1. The Labute approximate surface area is 124 Å². The summed E-state index contributed by atoms with van der Waals surface area (Å²) in [7, 11) is 1.80. The Morgan fingerprint density at radius 3 is 2.95 bits per heavy atom. The standard InChI is InChI=1S/C16H20N4O/c1-3-11-7-8-12(17-9-11)10-20(2)16(21)15-13-5-4-6-14(13)18-19-15/h7-9H,3-6,10H2,1-2H3,(H,18,19). The Morgan fingerprint density at radius 1 is 1.38 bits per heavy atom. The van der Waals surface area contributed by atoms with Crippen LogP contribution in [0.1, 0.15) is 46.3 Å². The van der Waals surface area contributed by atoms with E-state index in [9.17, 15) is 4.79 Å². The zero-order valence-electron chi connectivity index (χ0n) is 12.5. The van der Waals surface area contributed by atoms with Crippen molar-refractivity contribution in [2.75, 3.05) is 7.05 Å². The molecule has 1 amide bonds. The highest BCUT2D eigenvalue weighted by Gasteiger charge is 2.25. The van der Waals surface area contributed by atoms with E-state index in [0.29, 0.717) is 12.2 Å². The predicted molar refractivity (Wildman–Crippen MR) is 80.0 cm³/mol. The molecule has 0 atom stereocenters. The largest absolute Gasteiger partial charge is 0.334 e. The van der Waals surface area contributed by atoms with Crippen molar-refractivity contribution >= 4 is 5.91 Å². The highest BCUT2D eigenvalue weighted by molar-refractivity contribution is 5.93. The molecule has 0 saturated carbocycles. The summed E-state index contributed by atoms with van der Waals surface area (Å²) >= 11 is 0. The van der Waals surface area contributed by atoms with Crippen LogP contribution >= 0.6 is 0 Å². The fourth-order valence-electron chi connectivity index (χ4n) is 2.75. The van der Waals surface area contributed by atoms with E-state index in [4.69, 9.17) is 0 Å². The molecule has 0 fully saturated rings. The lowest BCUT2D eigenvalue weighted by Crippen LogP contribution is -2.27. The number of amides is 1. The first-order chi connectivity index (χ1) is 10.2. The second kappa shape index (κ2) is 5.68. The maximum atomic E-state index is 12.5. The van der Waals surface area contributed by atoms with Crippen molar-refractivity contribution in [1.82, 2.24) is 20.1 Å². The van der Waals surface area contributed by atoms with Crippen LogP contribution in [0.5, 0.6) is 0 Å². The van der Waals surface area contributed by atoms with Crippen LogP contribution in [0.4, 0.5) is 0 Å². The molecule has 3 rings (SSSR count). The van der Waals surface area contributed by atoms with E-state index in [1.165, 1.54) is 5.56 Å². The maximum Gasteiger partial charge on any atom is 0.274 e. The van der Waals surface area contributed by atoms with Gasteiger partial charge in [-0.2, -0.15) is 5.10 Å². The number of nitrogens with one attached hydrogen (secondary N) is 1. The summed E-state index contributed by atoms with van der Waals surface area (Å²) in [4.78, 5) is 18.6. The monoisotopic (exact) mass is 284 g/mol. The van der Waals surface area contributed by atoms with Crippen LogP contribution in [0.2, 0.25) is 0 Å². The first-order valence-electron chi connectivity index (χ1n) is 7.44. The number of rotatable bonds is 4. The fraction of sp³-hybridized carbons (Fsp3) is 0.438. The molecule has 0 saturated heterocycles. The molecule has 0 spiro atoms. The first-order valence-corrected chi connectivity index (χ1v) is 7.44. The van der Waals surface area contributed by atoms with Crippen molar-refractivity contribution in [3.8, 4) is 0 Å². The van der Waals surface area contributed by atoms with E-state index in [1.54, 1.807) is 11.9 Å². The molecule has 5 heteroatoms. The van der Waals surface area contributed by atoms with Gasteiger partial charge in [0.15, 0.2) is 5.69 Å². The lowest BCUT2D eigenvalue weighted by molar-refractivity contribution is 0.0776. The van der Waals surface area contributed by atoms with Crippen LogP contribution in [0.15, 0.2) is 18.3 Å². The quantitative estimate of drug-likeness (QED) is 0.935. The number of aryl methyl sites for hydroxylation is 2. The normalized spacial score (nSPS) is 13.2. The molecule has 2 aromatic heterocycles. The van der Waals surface area contributed by atoms with Gasteiger partial charge in [0.05, 0.1) is 12.2 Å². The molecule has 1 aliphatic carbocycles. The number of nitrogens with zero attached hydrogens (tertiary/aromatic N) is 3. The zero-order valence-corrected chi connectivity index (χ0v) is 12.5.